The standard InChI is InChI=1S/C15H12N4O4S2/c1-8(12(20)16-9-3-2-4-10(7-9)19(22)23)25-15-17-13(21)11-5-6-24-14(11)18-15/h2-8H,1H3,(H,16,20)(H,17,18,21)/t8-/m0/s1. The zero-order valence-electron chi connectivity index (χ0n) is 12.9. The van der Waals surface area contributed by atoms with Gasteiger partial charge in [-0.3, -0.25) is 19.7 Å². The number of anilines is 1. The highest BCUT2D eigenvalue weighted by Gasteiger charge is 2.18. The van der Waals surface area contributed by atoms with Gasteiger partial charge in [0.2, 0.25) is 5.91 Å². The maximum atomic E-state index is 12.3. The van der Waals surface area contributed by atoms with E-state index in [1.807, 2.05) is 0 Å². The van der Waals surface area contributed by atoms with Gasteiger partial charge < -0.3 is 10.3 Å². The Morgan fingerprint density at radius 1 is 1.44 bits per heavy atom. The van der Waals surface area contributed by atoms with Crippen molar-refractivity contribution in [3.63, 3.8) is 0 Å². The number of carbonyl (C=O) groups is 1. The number of hydrogen-bond donors (Lipinski definition) is 2. The molecule has 0 aliphatic carbocycles. The van der Waals surface area contributed by atoms with E-state index in [1.165, 1.54) is 29.5 Å². The highest BCUT2D eigenvalue weighted by Crippen LogP contribution is 2.24. The average Bonchev–Trinajstić information content (AvgIpc) is 3.04. The summed E-state index contributed by atoms with van der Waals surface area (Å²) in [7, 11) is 0. The highest BCUT2D eigenvalue weighted by atomic mass is 32.2. The predicted octanol–water partition coefficient (Wildman–Crippen LogP) is 3.01. The van der Waals surface area contributed by atoms with Gasteiger partial charge in [0.25, 0.3) is 11.2 Å². The Labute approximate surface area is 149 Å². The minimum absolute atomic E-state index is 0.104. The third-order valence-electron chi connectivity index (χ3n) is 3.30. The van der Waals surface area contributed by atoms with Crippen LogP contribution in [0, 0.1) is 10.1 Å². The first kappa shape index (κ1) is 17.1. The molecule has 0 bridgehead atoms. The number of thioether (sulfide) groups is 1. The summed E-state index contributed by atoms with van der Waals surface area (Å²) in [4.78, 5) is 42.0. The molecule has 0 saturated carbocycles. The fraction of sp³-hybridized carbons (Fsp3) is 0.133. The van der Waals surface area contributed by atoms with Gasteiger partial charge in [0.1, 0.15) is 4.83 Å². The molecule has 3 rings (SSSR count). The van der Waals surface area contributed by atoms with E-state index in [0.29, 0.717) is 21.1 Å². The van der Waals surface area contributed by atoms with Gasteiger partial charge >= 0.3 is 0 Å². The van der Waals surface area contributed by atoms with E-state index in [-0.39, 0.29) is 17.2 Å². The molecule has 0 unspecified atom stereocenters. The minimum atomic E-state index is -0.556. The quantitative estimate of drug-likeness (QED) is 0.306. The third-order valence-corrected chi connectivity index (χ3v) is 5.09. The smallest absolute Gasteiger partial charge is 0.271 e. The Morgan fingerprint density at radius 2 is 2.24 bits per heavy atom. The van der Waals surface area contributed by atoms with E-state index in [0.717, 1.165) is 11.8 Å². The largest absolute Gasteiger partial charge is 0.325 e. The molecule has 0 saturated heterocycles. The summed E-state index contributed by atoms with van der Waals surface area (Å²) >= 11 is 2.46. The van der Waals surface area contributed by atoms with Crippen LogP contribution in [0.3, 0.4) is 0 Å². The number of fused-ring (bicyclic) bond motifs is 1. The van der Waals surface area contributed by atoms with Crippen molar-refractivity contribution in [2.24, 2.45) is 0 Å². The van der Waals surface area contributed by atoms with E-state index in [4.69, 9.17) is 0 Å². The summed E-state index contributed by atoms with van der Waals surface area (Å²) in [5, 5.41) is 15.5. The maximum Gasteiger partial charge on any atom is 0.271 e. The summed E-state index contributed by atoms with van der Waals surface area (Å²) < 4.78 is 0. The summed E-state index contributed by atoms with van der Waals surface area (Å²) in [6.07, 6.45) is 0. The summed E-state index contributed by atoms with van der Waals surface area (Å²) in [5.74, 6) is -0.348. The van der Waals surface area contributed by atoms with Crippen molar-refractivity contribution in [3.05, 3.63) is 56.2 Å². The number of aromatic amines is 1. The number of nitrogens with zero attached hydrogens (tertiary/aromatic N) is 2. The molecule has 2 heterocycles. The molecule has 0 aliphatic rings. The molecular formula is C15H12N4O4S2. The van der Waals surface area contributed by atoms with Crippen molar-refractivity contribution in [2.45, 2.75) is 17.3 Å². The molecule has 1 atom stereocenters. The maximum absolute atomic E-state index is 12.3. The second-order valence-electron chi connectivity index (χ2n) is 5.07. The lowest BCUT2D eigenvalue weighted by molar-refractivity contribution is -0.384. The van der Waals surface area contributed by atoms with Crippen molar-refractivity contribution in [1.82, 2.24) is 9.97 Å². The van der Waals surface area contributed by atoms with Crippen LogP contribution in [0.1, 0.15) is 6.92 Å². The van der Waals surface area contributed by atoms with Crippen LogP contribution >= 0.6 is 23.1 Å². The van der Waals surface area contributed by atoms with Gasteiger partial charge in [-0.05, 0) is 24.4 Å². The van der Waals surface area contributed by atoms with E-state index in [2.05, 4.69) is 15.3 Å². The van der Waals surface area contributed by atoms with Gasteiger partial charge in [-0.15, -0.1) is 11.3 Å². The lowest BCUT2D eigenvalue weighted by atomic mass is 10.2. The summed E-state index contributed by atoms with van der Waals surface area (Å²) in [6.45, 7) is 1.66. The highest BCUT2D eigenvalue weighted by molar-refractivity contribution is 8.00. The molecular weight excluding hydrogens is 364 g/mol. The molecule has 8 nitrogen and oxygen atoms in total. The molecule has 1 amide bonds. The first-order chi connectivity index (χ1) is 11.9. The fourth-order valence-electron chi connectivity index (χ4n) is 2.06. The van der Waals surface area contributed by atoms with Crippen molar-refractivity contribution in [3.8, 4) is 0 Å². The van der Waals surface area contributed by atoms with E-state index in [1.54, 1.807) is 24.4 Å². The minimum Gasteiger partial charge on any atom is -0.325 e. The van der Waals surface area contributed by atoms with Gasteiger partial charge in [0, 0.05) is 17.8 Å². The Morgan fingerprint density at radius 3 is 3.00 bits per heavy atom. The lowest BCUT2D eigenvalue weighted by Crippen LogP contribution is -2.23. The Balaban J connectivity index is 1.72. The van der Waals surface area contributed by atoms with Crippen LogP contribution in [0.4, 0.5) is 11.4 Å². The SMILES string of the molecule is C[C@H](Sc1nc2sccc2c(=O)[nH]1)C(=O)Nc1cccc([N+](=O)[O-])c1. The molecule has 0 fully saturated rings. The van der Waals surface area contributed by atoms with Crippen LogP contribution in [-0.4, -0.2) is 26.0 Å². The van der Waals surface area contributed by atoms with Crippen molar-refractivity contribution in [1.29, 1.82) is 0 Å². The molecule has 128 valence electrons. The number of nitro groups is 1. The third kappa shape index (κ3) is 3.86. The molecule has 3 aromatic rings. The zero-order chi connectivity index (χ0) is 18.0. The number of nitrogens with one attached hydrogen (secondary N) is 2. The van der Waals surface area contributed by atoms with Crippen molar-refractivity contribution in [2.75, 3.05) is 5.32 Å². The van der Waals surface area contributed by atoms with Crippen LogP contribution < -0.4 is 10.9 Å². The molecule has 2 aromatic heterocycles. The van der Waals surface area contributed by atoms with Crippen molar-refractivity contribution >= 4 is 50.6 Å². The normalized spacial score (nSPS) is 12.0. The number of benzene rings is 1. The second-order valence-corrected chi connectivity index (χ2v) is 7.29. The monoisotopic (exact) mass is 376 g/mol. The van der Waals surface area contributed by atoms with E-state index < -0.39 is 10.2 Å². The molecule has 0 spiro atoms. The molecule has 0 aliphatic heterocycles. The number of amides is 1. The van der Waals surface area contributed by atoms with Gasteiger partial charge in [-0.1, -0.05) is 17.8 Å². The number of aromatic nitrogens is 2. The van der Waals surface area contributed by atoms with Crippen LogP contribution in [0.25, 0.3) is 10.2 Å². The van der Waals surface area contributed by atoms with E-state index >= 15 is 0 Å². The van der Waals surface area contributed by atoms with Gasteiger partial charge in [0.05, 0.1) is 15.6 Å². The van der Waals surface area contributed by atoms with Crippen LogP contribution in [0.15, 0.2) is 45.7 Å². The number of H-pyrrole nitrogens is 1. The summed E-state index contributed by atoms with van der Waals surface area (Å²) in [6, 6.07) is 7.39. The predicted molar refractivity (Wildman–Crippen MR) is 97.3 cm³/mol. The first-order valence-electron chi connectivity index (χ1n) is 7.13. The van der Waals surface area contributed by atoms with Gasteiger partial charge in [-0.2, -0.15) is 0 Å². The molecule has 25 heavy (non-hydrogen) atoms. The Bertz CT molecular complexity index is 1010. The lowest BCUT2D eigenvalue weighted by Gasteiger charge is -2.11. The number of carbonyl (C=O) groups excluding carboxylic acids is 1. The van der Waals surface area contributed by atoms with Crippen LogP contribution in [0.5, 0.6) is 0 Å². The number of rotatable bonds is 5. The summed E-state index contributed by atoms with van der Waals surface area (Å²) in [5.41, 5.74) is -0.0193. The topological polar surface area (TPSA) is 118 Å². The number of nitro benzene ring substituents is 1. The van der Waals surface area contributed by atoms with Crippen LogP contribution in [0.2, 0.25) is 0 Å². The van der Waals surface area contributed by atoms with Crippen molar-refractivity contribution < 1.29 is 9.72 Å². The van der Waals surface area contributed by atoms with Gasteiger partial charge in [0.15, 0.2) is 5.16 Å². The average molecular weight is 376 g/mol. The molecule has 0 radical (unpaired) electrons. The number of thiophene rings is 1. The first-order valence-corrected chi connectivity index (χ1v) is 8.89. The molecule has 1 aromatic carbocycles. The van der Waals surface area contributed by atoms with Crippen LogP contribution in [-0.2, 0) is 4.79 Å². The molecule has 2 N–H and O–H groups in total. The number of non-ortho nitro benzene ring substituents is 1. The fourth-order valence-corrected chi connectivity index (χ4v) is 3.68. The zero-order valence-corrected chi connectivity index (χ0v) is 14.5. The molecule has 10 heteroatoms. The second kappa shape index (κ2) is 7.03. The van der Waals surface area contributed by atoms with Gasteiger partial charge in [-0.25, -0.2) is 4.98 Å². The Hall–Kier alpha value is -2.72. The van der Waals surface area contributed by atoms with E-state index in [9.17, 15) is 19.7 Å². The Kier molecular flexibility index (Phi) is 4.81. The number of hydrogen-bond acceptors (Lipinski definition) is 7.